The zero-order chi connectivity index (χ0) is 15.5. The minimum atomic E-state index is -3.38. The summed E-state index contributed by atoms with van der Waals surface area (Å²) in [6, 6.07) is 3.76. The van der Waals surface area contributed by atoms with Crippen molar-refractivity contribution in [1.29, 1.82) is 5.26 Å². The van der Waals surface area contributed by atoms with E-state index in [1.54, 1.807) is 13.0 Å². The molecule has 2 rings (SSSR count). The summed E-state index contributed by atoms with van der Waals surface area (Å²) in [6.07, 6.45) is 0.751. The zero-order valence-electron chi connectivity index (χ0n) is 12.3. The molecule has 0 bridgehead atoms. The van der Waals surface area contributed by atoms with E-state index in [0.717, 1.165) is 6.42 Å². The van der Waals surface area contributed by atoms with Gasteiger partial charge in [-0.3, -0.25) is 4.90 Å². The van der Waals surface area contributed by atoms with Crippen LogP contribution in [0, 0.1) is 18.3 Å². The van der Waals surface area contributed by atoms with Crippen LogP contribution in [0.2, 0.25) is 0 Å². The highest BCUT2D eigenvalue weighted by Gasteiger charge is 2.30. The van der Waals surface area contributed by atoms with E-state index < -0.39 is 10.0 Å². The molecular weight excluding hydrogens is 292 g/mol. The predicted octanol–water partition coefficient (Wildman–Crippen LogP) is 0.733. The molecule has 0 aromatic carbocycles. The molecule has 0 saturated carbocycles. The summed E-state index contributed by atoms with van der Waals surface area (Å²) in [7, 11) is -3.38. The molecule has 0 amide bonds. The van der Waals surface area contributed by atoms with Crippen molar-refractivity contribution >= 4 is 10.0 Å². The third kappa shape index (κ3) is 3.81. The third-order valence-electron chi connectivity index (χ3n) is 3.65. The minimum Gasteiger partial charge on any atom is -0.361 e. The largest absolute Gasteiger partial charge is 0.361 e. The molecule has 1 atom stereocenters. The van der Waals surface area contributed by atoms with Gasteiger partial charge in [0.25, 0.3) is 0 Å². The third-order valence-corrected chi connectivity index (χ3v) is 5.46. The standard InChI is InChI=1S/C13H20N4O3S/c1-3-13(9-14)16-4-6-17(7-5-16)21(18,19)10-12-8-11(2)20-15-12/h8,13H,3-7,10H2,1-2H3. The summed E-state index contributed by atoms with van der Waals surface area (Å²) < 4.78 is 31.0. The van der Waals surface area contributed by atoms with E-state index in [9.17, 15) is 8.42 Å². The highest BCUT2D eigenvalue weighted by atomic mass is 32.2. The van der Waals surface area contributed by atoms with Gasteiger partial charge in [0.1, 0.15) is 17.2 Å². The van der Waals surface area contributed by atoms with Crippen LogP contribution < -0.4 is 0 Å². The van der Waals surface area contributed by atoms with Crippen LogP contribution >= 0.6 is 0 Å². The smallest absolute Gasteiger partial charge is 0.220 e. The molecule has 116 valence electrons. The Morgan fingerprint density at radius 3 is 2.57 bits per heavy atom. The molecule has 1 saturated heterocycles. The normalized spacial score (nSPS) is 19.3. The first-order valence-corrected chi connectivity index (χ1v) is 8.61. The quantitative estimate of drug-likeness (QED) is 0.796. The fourth-order valence-electron chi connectivity index (χ4n) is 2.49. The van der Waals surface area contributed by atoms with E-state index in [2.05, 4.69) is 11.2 Å². The molecule has 0 N–H and O–H groups in total. The van der Waals surface area contributed by atoms with Crippen LogP contribution in [-0.4, -0.2) is 55.0 Å². The Labute approximate surface area is 125 Å². The number of piperazine rings is 1. The number of nitrogens with zero attached hydrogens (tertiary/aromatic N) is 4. The molecule has 21 heavy (non-hydrogen) atoms. The SMILES string of the molecule is CCC(C#N)N1CCN(S(=O)(=O)Cc2cc(C)on2)CC1. The van der Waals surface area contributed by atoms with Crippen LogP contribution in [0.1, 0.15) is 24.8 Å². The lowest BCUT2D eigenvalue weighted by Gasteiger charge is -2.35. The molecule has 7 nitrogen and oxygen atoms in total. The van der Waals surface area contributed by atoms with Gasteiger partial charge in [-0.05, 0) is 13.3 Å². The zero-order valence-corrected chi connectivity index (χ0v) is 13.1. The number of rotatable bonds is 5. The second-order valence-electron chi connectivity index (χ2n) is 5.17. The summed E-state index contributed by atoms with van der Waals surface area (Å²) >= 11 is 0. The maximum atomic E-state index is 12.3. The van der Waals surface area contributed by atoms with Crippen molar-refractivity contribution in [3.05, 3.63) is 17.5 Å². The molecule has 1 aliphatic rings. The highest BCUT2D eigenvalue weighted by molar-refractivity contribution is 7.88. The fourth-order valence-corrected chi connectivity index (χ4v) is 3.90. The molecule has 1 fully saturated rings. The molecule has 2 heterocycles. The summed E-state index contributed by atoms with van der Waals surface area (Å²) in [5.74, 6) is 0.463. The fraction of sp³-hybridized carbons (Fsp3) is 0.692. The maximum absolute atomic E-state index is 12.3. The van der Waals surface area contributed by atoms with Gasteiger partial charge in [0, 0.05) is 32.2 Å². The van der Waals surface area contributed by atoms with Crippen molar-refractivity contribution in [1.82, 2.24) is 14.4 Å². The van der Waals surface area contributed by atoms with Gasteiger partial charge in [0.15, 0.2) is 0 Å². The van der Waals surface area contributed by atoms with Crippen LogP contribution in [0.3, 0.4) is 0 Å². The van der Waals surface area contributed by atoms with Crippen molar-refractivity contribution in [3.8, 4) is 6.07 Å². The second-order valence-corrected chi connectivity index (χ2v) is 7.14. The van der Waals surface area contributed by atoms with Gasteiger partial charge in [-0.15, -0.1) is 0 Å². The molecule has 8 heteroatoms. The molecule has 0 aliphatic carbocycles. The van der Waals surface area contributed by atoms with Crippen LogP contribution in [-0.2, 0) is 15.8 Å². The summed E-state index contributed by atoms with van der Waals surface area (Å²) in [4.78, 5) is 2.03. The van der Waals surface area contributed by atoms with Crippen LogP contribution in [0.25, 0.3) is 0 Å². The minimum absolute atomic E-state index is 0.131. The Morgan fingerprint density at radius 2 is 2.10 bits per heavy atom. The van der Waals surface area contributed by atoms with Gasteiger partial charge in [0.2, 0.25) is 10.0 Å². The molecule has 1 aromatic heterocycles. The summed E-state index contributed by atoms with van der Waals surface area (Å²) in [6.45, 7) is 5.69. The van der Waals surface area contributed by atoms with Crippen LogP contribution in [0.5, 0.6) is 0 Å². The molecule has 0 radical (unpaired) electrons. The van der Waals surface area contributed by atoms with Crippen molar-refractivity contribution in [2.24, 2.45) is 0 Å². The number of aromatic nitrogens is 1. The lowest BCUT2D eigenvalue weighted by molar-refractivity contribution is 0.159. The Balaban J connectivity index is 1.96. The lowest BCUT2D eigenvalue weighted by Crippen LogP contribution is -2.51. The van der Waals surface area contributed by atoms with Crippen LogP contribution in [0.4, 0.5) is 0 Å². The summed E-state index contributed by atoms with van der Waals surface area (Å²) in [5.41, 5.74) is 0.429. The number of aryl methyl sites for hydroxylation is 1. The first-order chi connectivity index (χ1) is 9.96. The van der Waals surface area contributed by atoms with Gasteiger partial charge in [-0.2, -0.15) is 9.57 Å². The van der Waals surface area contributed by atoms with Gasteiger partial charge < -0.3 is 4.52 Å². The number of hydrogen-bond donors (Lipinski definition) is 0. The Kier molecular flexibility index (Phi) is 4.98. The number of hydrogen-bond acceptors (Lipinski definition) is 6. The van der Waals surface area contributed by atoms with Crippen molar-refractivity contribution in [2.45, 2.75) is 32.1 Å². The Morgan fingerprint density at radius 1 is 1.43 bits per heavy atom. The Bertz CT molecular complexity index is 612. The predicted molar refractivity (Wildman–Crippen MR) is 76.7 cm³/mol. The topological polar surface area (TPSA) is 90.4 Å². The van der Waals surface area contributed by atoms with Crippen LogP contribution in [0.15, 0.2) is 10.6 Å². The van der Waals surface area contributed by atoms with E-state index in [1.807, 2.05) is 11.8 Å². The highest BCUT2D eigenvalue weighted by Crippen LogP contribution is 2.15. The van der Waals surface area contributed by atoms with E-state index in [1.165, 1.54) is 4.31 Å². The van der Waals surface area contributed by atoms with Gasteiger partial charge in [0.05, 0.1) is 12.1 Å². The maximum Gasteiger partial charge on any atom is 0.220 e. The number of sulfonamides is 1. The first-order valence-electron chi connectivity index (χ1n) is 7.00. The van der Waals surface area contributed by atoms with E-state index in [-0.39, 0.29) is 11.8 Å². The monoisotopic (exact) mass is 312 g/mol. The lowest BCUT2D eigenvalue weighted by atomic mass is 10.2. The molecule has 1 aliphatic heterocycles. The van der Waals surface area contributed by atoms with Gasteiger partial charge in [-0.25, -0.2) is 8.42 Å². The Hall–Kier alpha value is -1.43. The van der Waals surface area contributed by atoms with Gasteiger partial charge in [-0.1, -0.05) is 12.1 Å². The van der Waals surface area contributed by atoms with Crippen molar-refractivity contribution in [3.63, 3.8) is 0 Å². The van der Waals surface area contributed by atoms with E-state index in [0.29, 0.717) is 37.6 Å². The molecular formula is C13H20N4O3S. The molecule has 1 aromatic rings. The average Bonchev–Trinajstić information content (AvgIpc) is 2.85. The second kappa shape index (κ2) is 6.56. The molecule has 0 spiro atoms. The molecule has 1 unspecified atom stereocenters. The first kappa shape index (κ1) is 15.9. The van der Waals surface area contributed by atoms with E-state index >= 15 is 0 Å². The number of nitriles is 1. The summed E-state index contributed by atoms with van der Waals surface area (Å²) in [5, 5.41) is 12.8. The van der Waals surface area contributed by atoms with Crippen molar-refractivity contribution in [2.75, 3.05) is 26.2 Å². The van der Waals surface area contributed by atoms with E-state index in [4.69, 9.17) is 9.78 Å². The average molecular weight is 312 g/mol. The van der Waals surface area contributed by atoms with Crippen molar-refractivity contribution < 1.29 is 12.9 Å². The van der Waals surface area contributed by atoms with Gasteiger partial charge >= 0.3 is 0 Å².